The van der Waals surface area contributed by atoms with Gasteiger partial charge < -0.3 is 9.88 Å². The highest BCUT2D eigenvalue weighted by atomic mass is 32.2. The summed E-state index contributed by atoms with van der Waals surface area (Å²) in [5.74, 6) is 0.802. The minimum absolute atomic E-state index is 0.0864. The average molecular weight is 251 g/mol. The molecule has 0 radical (unpaired) electrons. The van der Waals surface area contributed by atoms with E-state index in [0.29, 0.717) is 11.6 Å². The van der Waals surface area contributed by atoms with Crippen LogP contribution < -0.4 is 5.32 Å². The molecule has 0 saturated carbocycles. The van der Waals surface area contributed by atoms with Crippen LogP contribution >= 0.6 is 11.8 Å². The highest BCUT2D eigenvalue weighted by Gasteiger charge is 2.07. The van der Waals surface area contributed by atoms with Gasteiger partial charge in [-0.15, -0.1) is 0 Å². The molecule has 0 atom stereocenters. The van der Waals surface area contributed by atoms with Crippen molar-refractivity contribution in [2.45, 2.75) is 5.16 Å². The molecule has 0 bridgehead atoms. The van der Waals surface area contributed by atoms with Crippen LogP contribution in [0.5, 0.6) is 0 Å². The maximum atomic E-state index is 11.6. The fourth-order valence-corrected chi connectivity index (χ4v) is 2.01. The van der Waals surface area contributed by atoms with Gasteiger partial charge in [-0.3, -0.25) is 9.48 Å². The van der Waals surface area contributed by atoms with Crippen LogP contribution in [0.15, 0.2) is 29.8 Å². The van der Waals surface area contributed by atoms with Crippen LogP contribution in [0.2, 0.25) is 0 Å². The molecule has 0 fully saturated rings. The van der Waals surface area contributed by atoms with Crippen molar-refractivity contribution in [2.24, 2.45) is 14.1 Å². The largest absolute Gasteiger partial charge is 0.329 e. The standard InChI is InChI=1S/C10H13N5OS/c1-14-6-4-11-10(14)17-7-9(16)12-8-3-5-15(2)13-8/h3-6H,7H2,1-2H3,(H,12,13,16). The average Bonchev–Trinajstić information content (AvgIpc) is 2.85. The second kappa shape index (κ2) is 5.05. The van der Waals surface area contributed by atoms with Gasteiger partial charge in [0.1, 0.15) is 0 Å². The molecule has 0 unspecified atom stereocenters. The molecule has 90 valence electrons. The number of anilines is 1. The Bertz CT molecular complexity index is 518. The second-order valence-electron chi connectivity index (χ2n) is 3.53. The Hall–Kier alpha value is -1.76. The van der Waals surface area contributed by atoms with E-state index in [1.54, 1.807) is 30.2 Å². The number of imidazole rings is 1. The molecular weight excluding hydrogens is 238 g/mol. The van der Waals surface area contributed by atoms with E-state index in [0.717, 1.165) is 5.16 Å². The number of nitrogens with one attached hydrogen (secondary N) is 1. The minimum atomic E-state index is -0.0864. The van der Waals surface area contributed by atoms with Crippen LogP contribution in [0.3, 0.4) is 0 Å². The van der Waals surface area contributed by atoms with Gasteiger partial charge in [-0.2, -0.15) is 5.10 Å². The van der Waals surface area contributed by atoms with E-state index in [9.17, 15) is 4.79 Å². The van der Waals surface area contributed by atoms with E-state index < -0.39 is 0 Å². The lowest BCUT2D eigenvalue weighted by molar-refractivity contribution is -0.113. The van der Waals surface area contributed by atoms with Gasteiger partial charge in [0.05, 0.1) is 5.75 Å². The van der Waals surface area contributed by atoms with Crippen LogP contribution in [0.1, 0.15) is 0 Å². The van der Waals surface area contributed by atoms with Gasteiger partial charge in [0.25, 0.3) is 0 Å². The Morgan fingerprint density at radius 2 is 2.29 bits per heavy atom. The molecular formula is C10H13N5OS. The SMILES string of the molecule is Cn1ccc(NC(=O)CSc2nccn2C)n1. The minimum Gasteiger partial charge on any atom is -0.329 e. The number of hydrogen-bond acceptors (Lipinski definition) is 4. The first-order chi connectivity index (χ1) is 8.15. The van der Waals surface area contributed by atoms with Gasteiger partial charge in [0, 0.05) is 38.8 Å². The molecule has 7 heteroatoms. The molecule has 2 heterocycles. The first-order valence-electron chi connectivity index (χ1n) is 5.05. The lowest BCUT2D eigenvalue weighted by Crippen LogP contribution is -2.15. The summed E-state index contributed by atoms with van der Waals surface area (Å²) in [5, 5.41) is 7.60. The van der Waals surface area contributed by atoms with Crippen LogP contribution in [0, 0.1) is 0 Å². The topological polar surface area (TPSA) is 64.7 Å². The summed E-state index contributed by atoms with van der Waals surface area (Å²) in [4.78, 5) is 15.7. The normalized spacial score (nSPS) is 10.5. The fourth-order valence-electron chi connectivity index (χ4n) is 1.28. The highest BCUT2D eigenvalue weighted by Crippen LogP contribution is 2.14. The summed E-state index contributed by atoms with van der Waals surface area (Å²) in [6.07, 6.45) is 5.33. The quantitative estimate of drug-likeness (QED) is 0.819. The van der Waals surface area contributed by atoms with Crippen molar-refractivity contribution < 1.29 is 4.79 Å². The zero-order chi connectivity index (χ0) is 12.3. The van der Waals surface area contributed by atoms with E-state index >= 15 is 0 Å². The summed E-state index contributed by atoms with van der Waals surface area (Å²) in [6, 6.07) is 1.75. The Labute approximate surface area is 103 Å². The molecule has 0 aromatic carbocycles. The van der Waals surface area contributed by atoms with E-state index in [-0.39, 0.29) is 5.91 Å². The molecule has 0 aliphatic rings. The molecule has 2 aromatic heterocycles. The Morgan fingerprint density at radius 3 is 2.88 bits per heavy atom. The maximum absolute atomic E-state index is 11.6. The van der Waals surface area contributed by atoms with Crippen LogP contribution in [-0.2, 0) is 18.9 Å². The third-order valence-electron chi connectivity index (χ3n) is 2.09. The molecule has 0 saturated heterocycles. The fraction of sp³-hybridized carbons (Fsp3) is 0.300. The number of carbonyl (C=O) groups excluding carboxylic acids is 1. The van der Waals surface area contributed by atoms with Crippen LogP contribution in [-0.4, -0.2) is 31.0 Å². The smallest absolute Gasteiger partial charge is 0.236 e. The first-order valence-corrected chi connectivity index (χ1v) is 6.03. The number of carbonyl (C=O) groups is 1. The van der Waals surface area contributed by atoms with Crippen molar-refractivity contribution in [3.05, 3.63) is 24.7 Å². The molecule has 0 aliphatic carbocycles. The number of aromatic nitrogens is 4. The number of rotatable bonds is 4. The number of aryl methyl sites for hydroxylation is 2. The van der Waals surface area contributed by atoms with Crippen molar-refractivity contribution in [1.29, 1.82) is 0 Å². The van der Waals surface area contributed by atoms with Crippen molar-refractivity contribution in [2.75, 3.05) is 11.1 Å². The second-order valence-corrected chi connectivity index (χ2v) is 4.47. The summed E-state index contributed by atoms with van der Waals surface area (Å²) < 4.78 is 3.51. The van der Waals surface area contributed by atoms with Crippen molar-refractivity contribution >= 4 is 23.5 Å². The Balaban J connectivity index is 1.84. The molecule has 6 nitrogen and oxygen atoms in total. The van der Waals surface area contributed by atoms with E-state index in [1.807, 2.05) is 17.8 Å². The summed E-state index contributed by atoms with van der Waals surface area (Å²) in [5.41, 5.74) is 0. The molecule has 1 N–H and O–H groups in total. The molecule has 17 heavy (non-hydrogen) atoms. The van der Waals surface area contributed by atoms with E-state index in [4.69, 9.17) is 0 Å². The van der Waals surface area contributed by atoms with E-state index in [2.05, 4.69) is 15.4 Å². The van der Waals surface area contributed by atoms with Crippen molar-refractivity contribution in [3.63, 3.8) is 0 Å². The van der Waals surface area contributed by atoms with Crippen molar-refractivity contribution in [3.8, 4) is 0 Å². The Morgan fingerprint density at radius 1 is 1.47 bits per heavy atom. The maximum Gasteiger partial charge on any atom is 0.236 e. The number of nitrogens with zero attached hydrogens (tertiary/aromatic N) is 4. The van der Waals surface area contributed by atoms with Gasteiger partial charge in [0.2, 0.25) is 5.91 Å². The van der Waals surface area contributed by atoms with Gasteiger partial charge in [-0.1, -0.05) is 11.8 Å². The third-order valence-corrected chi connectivity index (χ3v) is 3.15. The number of thioether (sulfide) groups is 1. The lowest BCUT2D eigenvalue weighted by Gasteiger charge is -2.02. The van der Waals surface area contributed by atoms with Gasteiger partial charge in [-0.05, 0) is 0 Å². The number of amides is 1. The predicted molar refractivity (Wildman–Crippen MR) is 65.8 cm³/mol. The molecule has 0 aliphatic heterocycles. The van der Waals surface area contributed by atoms with Crippen LogP contribution in [0.25, 0.3) is 0 Å². The summed E-state index contributed by atoms with van der Waals surface area (Å²) in [7, 11) is 3.70. The molecule has 0 spiro atoms. The first kappa shape index (κ1) is 11.7. The Kier molecular flexibility index (Phi) is 3.48. The van der Waals surface area contributed by atoms with Gasteiger partial charge in [0.15, 0.2) is 11.0 Å². The van der Waals surface area contributed by atoms with Gasteiger partial charge in [-0.25, -0.2) is 4.98 Å². The molecule has 1 amide bonds. The van der Waals surface area contributed by atoms with Crippen LogP contribution in [0.4, 0.5) is 5.82 Å². The lowest BCUT2D eigenvalue weighted by atomic mass is 10.6. The highest BCUT2D eigenvalue weighted by molar-refractivity contribution is 7.99. The van der Waals surface area contributed by atoms with Gasteiger partial charge >= 0.3 is 0 Å². The molecule has 2 rings (SSSR count). The van der Waals surface area contributed by atoms with E-state index in [1.165, 1.54) is 11.8 Å². The monoisotopic (exact) mass is 251 g/mol. The van der Waals surface area contributed by atoms with Crippen molar-refractivity contribution in [1.82, 2.24) is 19.3 Å². The number of hydrogen-bond donors (Lipinski definition) is 1. The summed E-state index contributed by atoms with van der Waals surface area (Å²) >= 11 is 1.39. The predicted octanol–water partition coefficient (Wildman–Crippen LogP) is 0.884. The summed E-state index contributed by atoms with van der Waals surface area (Å²) in [6.45, 7) is 0. The zero-order valence-corrected chi connectivity index (χ0v) is 10.4. The molecule has 2 aromatic rings. The zero-order valence-electron chi connectivity index (χ0n) is 9.62. The third kappa shape index (κ3) is 3.10.